The van der Waals surface area contributed by atoms with Crippen molar-refractivity contribution < 1.29 is 9.18 Å². The molecule has 3 aromatic rings. The monoisotopic (exact) mass is 447 g/mol. The Morgan fingerprint density at radius 1 is 1.12 bits per heavy atom. The summed E-state index contributed by atoms with van der Waals surface area (Å²) in [6.07, 6.45) is 5.24. The van der Waals surface area contributed by atoms with E-state index in [1.54, 1.807) is 6.07 Å². The number of aromatic nitrogens is 3. The molecule has 0 bridgehead atoms. The van der Waals surface area contributed by atoms with Crippen LogP contribution in [0.2, 0.25) is 0 Å². The van der Waals surface area contributed by atoms with Gasteiger partial charge in [0.1, 0.15) is 12.1 Å². The Bertz CT molecular complexity index is 1290. The Balaban J connectivity index is 1.19. The number of nitrogens with one attached hydrogen (secondary N) is 1. The molecule has 8 heteroatoms. The molecule has 1 aliphatic carbocycles. The highest BCUT2D eigenvalue weighted by atomic mass is 19.1. The van der Waals surface area contributed by atoms with Crippen LogP contribution in [0.15, 0.2) is 47.5 Å². The van der Waals surface area contributed by atoms with Gasteiger partial charge in [0.2, 0.25) is 5.91 Å². The van der Waals surface area contributed by atoms with Crippen molar-refractivity contribution in [2.45, 2.75) is 32.2 Å². The van der Waals surface area contributed by atoms with E-state index >= 15 is 4.39 Å². The maximum absolute atomic E-state index is 15.1. The third-order valence-electron chi connectivity index (χ3n) is 7.05. The van der Waals surface area contributed by atoms with Crippen molar-refractivity contribution in [2.24, 2.45) is 11.8 Å². The molecule has 1 saturated carbocycles. The number of carbonyl (C=O) groups excluding carboxylic acids is 1. The molecule has 170 valence electrons. The molecule has 6 rings (SSSR count). The van der Waals surface area contributed by atoms with Crippen molar-refractivity contribution in [3.8, 4) is 16.8 Å². The largest absolute Gasteiger partial charge is 0.384 e. The van der Waals surface area contributed by atoms with Crippen molar-refractivity contribution in [3.05, 3.63) is 64.6 Å². The molecule has 1 N–H and O–H groups in total. The lowest BCUT2D eigenvalue weighted by Gasteiger charge is -2.16. The lowest BCUT2D eigenvalue weighted by molar-refractivity contribution is -0.131. The van der Waals surface area contributed by atoms with Crippen molar-refractivity contribution in [1.82, 2.24) is 19.2 Å². The Morgan fingerprint density at radius 2 is 1.94 bits per heavy atom. The number of rotatable bonds is 5. The predicted octanol–water partition coefficient (Wildman–Crippen LogP) is 3.07. The summed E-state index contributed by atoms with van der Waals surface area (Å²) in [5.74, 6) is 0.181. The van der Waals surface area contributed by atoms with Gasteiger partial charge in [0.05, 0.1) is 12.2 Å². The van der Waals surface area contributed by atoms with Crippen LogP contribution in [0.5, 0.6) is 0 Å². The average molecular weight is 448 g/mol. The van der Waals surface area contributed by atoms with Gasteiger partial charge in [-0.05, 0) is 66.5 Å². The van der Waals surface area contributed by atoms with Crippen molar-refractivity contribution >= 4 is 11.6 Å². The molecule has 1 aromatic heterocycles. The van der Waals surface area contributed by atoms with Crippen LogP contribution in [0, 0.1) is 17.7 Å². The number of hydrogen-bond acceptors (Lipinski definition) is 4. The van der Waals surface area contributed by atoms with E-state index < -0.39 is 5.82 Å². The predicted molar refractivity (Wildman–Crippen MR) is 123 cm³/mol. The molecule has 0 spiro atoms. The average Bonchev–Trinajstić information content (AvgIpc) is 3.21. The number of fused-ring (bicyclic) bond motifs is 1. The summed E-state index contributed by atoms with van der Waals surface area (Å²) in [5, 5.41) is 7.57. The van der Waals surface area contributed by atoms with Gasteiger partial charge in [-0.25, -0.2) is 18.4 Å². The molecule has 0 unspecified atom stereocenters. The number of carbonyl (C=O) groups is 1. The molecule has 2 aliphatic heterocycles. The van der Waals surface area contributed by atoms with Gasteiger partial charge in [-0.1, -0.05) is 18.2 Å². The zero-order chi connectivity index (χ0) is 22.5. The van der Waals surface area contributed by atoms with Crippen LogP contribution in [0.25, 0.3) is 16.8 Å². The third-order valence-corrected chi connectivity index (χ3v) is 7.05. The highest BCUT2D eigenvalue weighted by molar-refractivity contribution is 5.81. The van der Waals surface area contributed by atoms with Gasteiger partial charge in [0, 0.05) is 31.2 Å². The minimum Gasteiger partial charge on any atom is -0.384 e. The first-order chi connectivity index (χ1) is 16.1. The van der Waals surface area contributed by atoms with E-state index in [1.165, 1.54) is 27.2 Å². The maximum Gasteiger partial charge on any atom is 0.350 e. The number of halogens is 1. The molecule has 1 amide bonds. The van der Waals surface area contributed by atoms with E-state index in [0.29, 0.717) is 13.1 Å². The zero-order valence-electron chi connectivity index (χ0n) is 18.3. The molecule has 2 aromatic carbocycles. The van der Waals surface area contributed by atoms with Gasteiger partial charge in [-0.2, -0.15) is 5.10 Å². The van der Waals surface area contributed by atoms with Crippen LogP contribution >= 0.6 is 0 Å². The van der Waals surface area contributed by atoms with Crippen LogP contribution in [-0.4, -0.2) is 44.8 Å². The molecule has 3 aliphatic rings. The SMILES string of the molecule is O=C(C1CC1)N1CC[C@H](Cn2ncn(-c3ccc(-c4ccc5c(c4)NCC5)cc3F)c2=O)C1. The molecular formula is C25H26FN5O2. The number of hydrogen-bond donors (Lipinski definition) is 1. The van der Waals surface area contributed by atoms with E-state index in [-0.39, 0.29) is 29.1 Å². The molecule has 33 heavy (non-hydrogen) atoms. The molecule has 1 atom stereocenters. The summed E-state index contributed by atoms with van der Waals surface area (Å²) in [5.41, 5.74) is 3.89. The van der Waals surface area contributed by atoms with Gasteiger partial charge in [0.25, 0.3) is 0 Å². The van der Waals surface area contributed by atoms with Crippen LogP contribution in [0.4, 0.5) is 10.1 Å². The first-order valence-electron chi connectivity index (χ1n) is 11.7. The lowest BCUT2D eigenvalue weighted by atomic mass is 10.0. The number of likely N-dealkylation sites (tertiary alicyclic amines) is 1. The smallest absolute Gasteiger partial charge is 0.350 e. The number of amides is 1. The second-order valence-corrected chi connectivity index (χ2v) is 9.39. The van der Waals surface area contributed by atoms with Crippen LogP contribution < -0.4 is 11.0 Å². The summed E-state index contributed by atoms with van der Waals surface area (Å²) in [6.45, 7) is 2.76. The molecule has 1 saturated heterocycles. The van der Waals surface area contributed by atoms with Gasteiger partial charge in [-0.15, -0.1) is 0 Å². The van der Waals surface area contributed by atoms with Gasteiger partial charge >= 0.3 is 5.69 Å². The van der Waals surface area contributed by atoms with Crippen molar-refractivity contribution in [3.63, 3.8) is 0 Å². The van der Waals surface area contributed by atoms with Gasteiger partial charge in [0.15, 0.2) is 0 Å². The standard InChI is InChI=1S/C25H26FN5O2/c26-21-11-19(20-4-1-17-7-9-27-22(17)12-20)5-6-23(21)30-15-28-31(25(30)33)14-16-8-10-29(13-16)24(32)18-2-3-18/h1,4-6,11-12,15-16,18,27H,2-3,7-10,13-14H2/t16-/m0/s1. The third kappa shape index (κ3) is 3.73. The van der Waals surface area contributed by atoms with E-state index in [4.69, 9.17) is 0 Å². The van der Waals surface area contributed by atoms with E-state index in [1.807, 2.05) is 23.1 Å². The summed E-state index contributed by atoms with van der Waals surface area (Å²) >= 11 is 0. The number of anilines is 1. The summed E-state index contributed by atoms with van der Waals surface area (Å²) in [7, 11) is 0. The second-order valence-electron chi connectivity index (χ2n) is 9.39. The summed E-state index contributed by atoms with van der Waals surface area (Å²) in [4.78, 5) is 27.1. The quantitative estimate of drug-likeness (QED) is 0.653. The van der Waals surface area contributed by atoms with Crippen molar-refractivity contribution in [2.75, 3.05) is 25.0 Å². The fourth-order valence-electron chi connectivity index (χ4n) is 4.99. The van der Waals surface area contributed by atoms with Crippen LogP contribution in [-0.2, 0) is 17.8 Å². The molecule has 7 nitrogen and oxygen atoms in total. The minimum absolute atomic E-state index is 0.186. The van der Waals surface area contributed by atoms with Gasteiger partial charge in [-0.3, -0.25) is 4.79 Å². The fourth-order valence-corrected chi connectivity index (χ4v) is 4.99. The highest BCUT2D eigenvalue weighted by Gasteiger charge is 2.36. The topological polar surface area (TPSA) is 72.2 Å². The van der Waals surface area contributed by atoms with E-state index in [2.05, 4.69) is 16.5 Å². The van der Waals surface area contributed by atoms with E-state index in [0.717, 1.165) is 55.6 Å². The van der Waals surface area contributed by atoms with Crippen LogP contribution in [0.3, 0.4) is 0 Å². The summed E-state index contributed by atoms with van der Waals surface area (Å²) < 4.78 is 17.7. The molecule has 3 heterocycles. The number of benzene rings is 2. The van der Waals surface area contributed by atoms with Crippen LogP contribution in [0.1, 0.15) is 24.8 Å². The minimum atomic E-state index is -0.468. The molecule has 2 fully saturated rings. The lowest BCUT2D eigenvalue weighted by Crippen LogP contribution is -2.32. The first kappa shape index (κ1) is 20.2. The fraction of sp³-hybridized carbons (Fsp3) is 0.400. The van der Waals surface area contributed by atoms with E-state index in [9.17, 15) is 9.59 Å². The second kappa shape index (κ2) is 7.86. The Kier molecular flexibility index (Phi) is 4.81. The number of nitrogens with zero attached hydrogens (tertiary/aromatic N) is 4. The highest BCUT2D eigenvalue weighted by Crippen LogP contribution is 2.33. The first-order valence-corrected chi connectivity index (χ1v) is 11.7. The summed E-state index contributed by atoms with van der Waals surface area (Å²) in [6, 6.07) is 11.0. The zero-order valence-corrected chi connectivity index (χ0v) is 18.3. The Labute approximate surface area is 190 Å². The molecular weight excluding hydrogens is 421 g/mol. The van der Waals surface area contributed by atoms with Crippen molar-refractivity contribution in [1.29, 1.82) is 0 Å². The Morgan fingerprint density at radius 3 is 2.76 bits per heavy atom. The van der Waals surface area contributed by atoms with Gasteiger partial charge < -0.3 is 10.2 Å². The Hall–Kier alpha value is -3.42. The molecule has 0 radical (unpaired) electrons. The maximum atomic E-state index is 15.1. The normalized spacial score (nSPS) is 19.5.